The summed E-state index contributed by atoms with van der Waals surface area (Å²) in [5.41, 5.74) is 9.90. The summed E-state index contributed by atoms with van der Waals surface area (Å²) in [6, 6.07) is 7.08. The predicted octanol–water partition coefficient (Wildman–Crippen LogP) is 1.52. The van der Waals surface area contributed by atoms with Crippen LogP contribution in [0.15, 0.2) is 36.8 Å². The molecule has 0 bridgehead atoms. The summed E-state index contributed by atoms with van der Waals surface area (Å²) < 4.78 is 0. The number of nitrogens with zero attached hydrogens (tertiary/aromatic N) is 1. The molecule has 6 nitrogen and oxygen atoms in total. The lowest BCUT2D eigenvalue weighted by atomic mass is 10.1. The van der Waals surface area contributed by atoms with E-state index in [1.165, 1.54) is 0 Å². The number of anilines is 2. The minimum atomic E-state index is -0.202. The third-order valence-electron chi connectivity index (χ3n) is 3.09. The highest BCUT2D eigenvalue weighted by Gasteiger charge is 2.12. The first-order valence-corrected chi connectivity index (χ1v) is 6.16. The second-order valence-electron chi connectivity index (χ2n) is 4.58. The molecule has 0 unspecified atom stereocenters. The smallest absolute Gasteiger partial charge is 0.299 e. The Bertz CT molecular complexity index is 793. The van der Waals surface area contributed by atoms with Gasteiger partial charge in [0.05, 0.1) is 5.69 Å². The van der Waals surface area contributed by atoms with E-state index in [9.17, 15) is 4.79 Å². The molecule has 1 aromatic carbocycles. The van der Waals surface area contributed by atoms with Crippen LogP contribution in [-0.4, -0.2) is 15.9 Å². The van der Waals surface area contributed by atoms with Gasteiger partial charge in [-0.05, 0) is 24.6 Å². The van der Waals surface area contributed by atoms with Crippen molar-refractivity contribution < 1.29 is 9.78 Å². The number of aryl methyl sites for hydroxylation is 1. The zero-order chi connectivity index (χ0) is 14.1. The molecule has 0 spiro atoms. The predicted molar refractivity (Wildman–Crippen MR) is 76.2 cm³/mol. The third kappa shape index (κ3) is 2.18. The van der Waals surface area contributed by atoms with Crippen molar-refractivity contribution in [2.45, 2.75) is 6.92 Å². The third-order valence-corrected chi connectivity index (χ3v) is 3.09. The van der Waals surface area contributed by atoms with E-state index in [1.54, 1.807) is 24.7 Å². The number of aromatic amines is 2. The molecule has 100 valence electrons. The summed E-state index contributed by atoms with van der Waals surface area (Å²) in [5.74, 6) is -0.202. The van der Waals surface area contributed by atoms with Crippen molar-refractivity contribution in [3.05, 3.63) is 47.9 Å². The maximum Gasteiger partial charge on any atom is 0.299 e. The molecule has 2 heterocycles. The lowest BCUT2D eigenvalue weighted by Gasteiger charge is -2.07. The van der Waals surface area contributed by atoms with E-state index in [1.807, 2.05) is 19.1 Å². The molecule has 5 N–H and O–H groups in total. The van der Waals surface area contributed by atoms with Crippen molar-refractivity contribution in [3.63, 3.8) is 0 Å². The fourth-order valence-electron chi connectivity index (χ4n) is 2.02. The Balaban J connectivity index is 1.89. The number of nitrogens with two attached hydrogens (primary N) is 1. The fourth-order valence-corrected chi connectivity index (χ4v) is 2.02. The molecule has 3 aromatic rings. The molecule has 0 aliphatic heterocycles. The number of aromatic nitrogens is 3. The van der Waals surface area contributed by atoms with Gasteiger partial charge in [0.1, 0.15) is 6.20 Å². The number of nitrogens with one attached hydrogen (secondary N) is 3. The Kier molecular flexibility index (Phi) is 2.83. The van der Waals surface area contributed by atoms with E-state index in [2.05, 4.69) is 20.3 Å². The van der Waals surface area contributed by atoms with Gasteiger partial charge in [0.15, 0.2) is 11.8 Å². The number of fused-ring (bicyclic) bond motifs is 1. The Morgan fingerprint density at radius 2 is 2.25 bits per heavy atom. The topological polar surface area (TPSA) is 97.9 Å². The highest BCUT2D eigenvalue weighted by atomic mass is 16.1. The molecule has 2 aromatic heterocycles. The van der Waals surface area contributed by atoms with Crippen molar-refractivity contribution in [2.75, 3.05) is 11.1 Å². The van der Waals surface area contributed by atoms with Gasteiger partial charge in [0.25, 0.3) is 11.6 Å². The summed E-state index contributed by atoms with van der Waals surface area (Å²) in [6.07, 6.45) is 3.29. The van der Waals surface area contributed by atoms with E-state index in [4.69, 9.17) is 5.73 Å². The Morgan fingerprint density at radius 1 is 1.40 bits per heavy atom. The van der Waals surface area contributed by atoms with Gasteiger partial charge in [-0.1, -0.05) is 6.07 Å². The zero-order valence-corrected chi connectivity index (χ0v) is 10.9. The average molecular weight is 268 g/mol. The molecular formula is C14H14N5O+. The highest BCUT2D eigenvalue weighted by molar-refractivity contribution is 6.06. The maximum absolute atomic E-state index is 12.2. The lowest BCUT2D eigenvalue weighted by Crippen LogP contribution is -2.14. The van der Waals surface area contributed by atoms with Crippen LogP contribution in [0, 0.1) is 6.92 Å². The molecule has 0 atom stereocenters. The number of H-pyrrole nitrogens is 2. The summed E-state index contributed by atoms with van der Waals surface area (Å²) in [6.45, 7) is 1.87. The first kappa shape index (κ1) is 12.2. The normalized spacial score (nSPS) is 10.7. The standard InChI is InChI=1S/C14H13N5O/c1-8-2-3-9(15)4-11(8)14(20)19-10-5-12-13(16-6-10)18-7-17-12/h2-7H,15H2,1H3,(H,19,20)(H,16,17,18)/p+1. The van der Waals surface area contributed by atoms with E-state index in [-0.39, 0.29) is 5.91 Å². The second-order valence-corrected chi connectivity index (χ2v) is 4.58. The van der Waals surface area contributed by atoms with Crippen LogP contribution in [0.25, 0.3) is 11.2 Å². The Morgan fingerprint density at radius 3 is 3.10 bits per heavy atom. The van der Waals surface area contributed by atoms with Crippen LogP contribution < -0.4 is 16.0 Å². The van der Waals surface area contributed by atoms with Crippen LogP contribution in [0.3, 0.4) is 0 Å². The van der Waals surface area contributed by atoms with E-state index >= 15 is 0 Å². The van der Waals surface area contributed by atoms with Gasteiger partial charge in [-0.2, -0.15) is 0 Å². The van der Waals surface area contributed by atoms with E-state index < -0.39 is 0 Å². The number of nitrogen functional groups attached to an aromatic ring is 1. The van der Waals surface area contributed by atoms with Crippen LogP contribution in [0.2, 0.25) is 0 Å². The molecule has 0 saturated carbocycles. The summed E-state index contributed by atoms with van der Waals surface area (Å²) in [7, 11) is 0. The minimum Gasteiger partial charge on any atom is -0.399 e. The summed E-state index contributed by atoms with van der Waals surface area (Å²) in [4.78, 5) is 22.4. The van der Waals surface area contributed by atoms with Crippen LogP contribution >= 0.6 is 0 Å². The summed E-state index contributed by atoms with van der Waals surface area (Å²) >= 11 is 0. The molecule has 3 rings (SSSR count). The molecule has 0 radical (unpaired) electrons. The molecule has 0 aliphatic carbocycles. The van der Waals surface area contributed by atoms with Gasteiger partial charge < -0.3 is 11.1 Å². The van der Waals surface area contributed by atoms with Crippen molar-refractivity contribution in [3.8, 4) is 0 Å². The molecule has 6 heteroatoms. The number of imidazole rings is 1. The number of pyridine rings is 1. The van der Waals surface area contributed by atoms with Crippen LogP contribution in [0.1, 0.15) is 15.9 Å². The number of benzene rings is 1. The Labute approximate surface area is 115 Å². The van der Waals surface area contributed by atoms with Crippen molar-refractivity contribution in [1.29, 1.82) is 0 Å². The van der Waals surface area contributed by atoms with Crippen molar-refractivity contribution >= 4 is 28.4 Å². The quantitative estimate of drug-likeness (QED) is 0.614. The van der Waals surface area contributed by atoms with Gasteiger partial charge in [0.2, 0.25) is 0 Å². The number of hydrogen-bond donors (Lipinski definition) is 3. The highest BCUT2D eigenvalue weighted by Crippen LogP contribution is 2.16. The molecule has 0 aliphatic rings. The zero-order valence-electron chi connectivity index (χ0n) is 10.9. The van der Waals surface area contributed by atoms with Gasteiger partial charge in [-0.15, -0.1) is 4.98 Å². The van der Waals surface area contributed by atoms with Crippen LogP contribution in [-0.2, 0) is 0 Å². The maximum atomic E-state index is 12.2. The number of rotatable bonds is 2. The number of carbonyl (C=O) groups excluding carboxylic acids is 1. The van der Waals surface area contributed by atoms with Gasteiger partial charge in [-0.25, -0.2) is 4.98 Å². The van der Waals surface area contributed by atoms with Crippen LogP contribution in [0.4, 0.5) is 11.4 Å². The van der Waals surface area contributed by atoms with Gasteiger partial charge in [0, 0.05) is 17.3 Å². The first-order chi connectivity index (χ1) is 9.63. The molecular weight excluding hydrogens is 254 g/mol. The molecule has 0 fully saturated rings. The number of carbonyl (C=O) groups is 1. The van der Waals surface area contributed by atoms with E-state index in [0.29, 0.717) is 16.9 Å². The SMILES string of the molecule is Cc1ccc(N)cc1C(=O)Nc1cnc2[nH+]c[nH]c2c1. The molecule has 0 saturated heterocycles. The average Bonchev–Trinajstić information content (AvgIpc) is 2.89. The largest absolute Gasteiger partial charge is 0.399 e. The monoisotopic (exact) mass is 268 g/mol. The molecule has 20 heavy (non-hydrogen) atoms. The Hall–Kier alpha value is -2.89. The fraction of sp³-hybridized carbons (Fsp3) is 0.0714. The minimum absolute atomic E-state index is 0.202. The first-order valence-electron chi connectivity index (χ1n) is 6.16. The second kappa shape index (κ2) is 4.65. The molecule has 1 amide bonds. The number of amides is 1. The van der Waals surface area contributed by atoms with Crippen LogP contribution in [0.5, 0.6) is 0 Å². The van der Waals surface area contributed by atoms with Crippen molar-refractivity contribution in [2.24, 2.45) is 0 Å². The van der Waals surface area contributed by atoms with E-state index in [0.717, 1.165) is 16.7 Å². The summed E-state index contributed by atoms with van der Waals surface area (Å²) in [5, 5.41) is 2.82. The lowest BCUT2D eigenvalue weighted by molar-refractivity contribution is -0.347. The van der Waals surface area contributed by atoms with Crippen molar-refractivity contribution in [1.82, 2.24) is 9.97 Å². The van der Waals surface area contributed by atoms with Gasteiger partial charge in [-0.3, -0.25) is 9.78 Å². The number of hydrogen-bond acceptors (Lipinski definition) is 3. The van der Waals surface area contributed by atoms with Gasteiger partial charge >= 0.3 is 0 Å².